The fraction of sp³-hybridized carbons (Fsp3) is 0.318. The zero-order valence-corrected chi connectivity index (χ0v) is 17.9. The molecule has 6 rings (SSSR count). The monoisotopic (exact) mass is 441 g/mol. The third-order valence-electron chi connectivity index (χ3n) is 6.03. The highest BCUT2D eigenvalue weighted by molar-refractivity contribution is 5.73. The summed E-state index contributed by atoms with van der Waals surface area (Å²) in [6, 6.07) is 10.9. The van der Waals surface area contributed by atoms with Crippen molar-refractivity contribution in [2.24, 2.45) is 5.73 Å². The van der Waals surface area contributed by atoms with Gasteiger partial charge in [-0.15, -0.1) is 10.2 Å². The summed E-state index contributed by atoms with van der Waals surface area (Å²) >= 11 is 0. The molecule has 2 aliphatic rings. The van der Waals surface area contributed by atoms with Gasteiger partial charge in [-0.1, -0.05) is 0 Å². The van der Waals surface area contributed by atoms with Gasteiger partial charge in [-0.25, -0.2) is 4.98 Å². The number of benzene rings is 1. The molecule has 4 heterocycles. The standard InChI is InChI=1S/C22H23N11/c23-9-14-10-27-33-21(29-16-1-2-16)8-20(30-22(14)33)28-17-3-4-18(31-6-5-15(24)11-31)19(7-17)32-12-25-26-13-32/h3-4,7-8,10,12-13,15-16,29H,1-2,5-6,11,24H2,(H,28,30)/t15-/m0/s1. The molecule has 0 amide bonds. The van der Waals surface area contributed by atoms with Crippen LogP contribution >= 0.6 is 0 Å². The molecule has 4 aromatic rings. The third-order valence-corrected chi connectivity index (χ3v) is 6.03. The molecule has 1 saturated carbocycles. The van der Waals surface area contributed by atoms with Crippen LogP contribution in [0, 0.1) is 11.3 Å². The molecule has 1 atom stereocenters. The van der Waals surface area contributed by atoms with E-state index in [9.17, 15) is 5.26 Å². The summed E-state index contributed by atoms with van der Waals surface area (Å²) in [5, 5.41) is 28.6. The van der Waals surface area contributed by atoms with E-state index in [4.69, 9.17) is 5.73 Å². The number of nitrogens with one attached hydrogen (secondary N) is 2. The van der Waals surface area contributed by atoms with Crippen LogP contribution in [0.3, 0.4) is 0 Å². The summed E-state index contributed by atoms with van der Waals surface area (Å²) in [5.74, 6) is 1.45. The predicted octanol–water partition coefficient (Wildman–Crippen LogP) is 2.04. The van der Waals surface area contributed by atoms with Gasteiger partial charge in [0.15, 0.2) is 5.65 Å². The minimum Gasteiger partial charge on any atom is -0.368 e. The van der Waals surface area contributed by atoms with Gasteiger partial charge in [-0.3, -0.25) is 4.57 Å². The highest BCUT2D eigenvalue weighted by Crippen LogP contribution is 2.32. The average Bonchev–Trinajstić information content (AvgIpc) is 3.21. The Bertz CT molecular complexity index is 1350. The van der Waals surface area contributed by atoms with Crippen molar-refractivity contribution in [2.75, 3.05) is 28.6 Å². The molecule has 0 spiro atoms. The van der Waals surface area contributed by atoms with Crippen molar-refractivity contribution in [2.45, 2.75) is 31.3 Å². The molecule has 1 aromatic carbocycles. The van der Waals surface area contributed by atoms with Crippen molar-refractivity contribution < 1.29 is 0 Å². The Kier molecular flexibility index (Phi) is 4.58. The molecule has 1 aliphatic carbocycles. The molecular weight excluding hydrogens is 418 g/mol. The highest BCUT2D eigenvalue weighted by atomic mass is 15.3. The Balaban J connectivity index is 1.38. The normalized spacial score (nSPS) is 17.9. The Morgan fingerprint density at radius 1 is 1.09 bits per heavy atom. The number of nitrogens with zero attached hydrogens (tertiary/aromatic N) is 8. The number of anilines is 4. The topological polar surface area (TPSA) is 138 Å². The molecule has 11 nitrogen and oxygen atoms in total. The van der Waals surface area contributed by atoms with Crippen LogP contribution < -0.4 is 21.3 Å². The van der Waals surface area contributed by atoms with Crippen molar-refractivity contribution in [1.82, 2.24) is 29.4 Å². The predicted molar refractivity (Wildman–Crippen MR) is 124 cm³/mol. The number of aromatic nitrogens is 6. The molecule has 166 valence electrons. The number of hydrogen-bond donors (Lipinski definition) is 3. The maximum atomic E-state index is 9.47. The maximum Gasteiger partial charge on any atom is 0.177 e. The third kappa shape index (κ3) is 3.70. The summed E-state index contributed by atoms with van der Waals surface area (Å²) in [6.45, 7) is 1.73. The van der Waals surface area contributed by atoms with Crippen LogP contribution in [0.25, 0.3) is 11.3 Å². The van der Waals surface area contributed by atoms with Crippen LogP contribution in [0.4, 0.5) is 23.0 Å². The summed E-state index contributed by atoms with van der Waals surface area (Å²) in [5.41, 5.74) is 10.00. The molecule has 1 aliphatic heterocycles. The van der Waals surface area contributed by atoms with Crippen LogP contribution in [0.2, 0.25) is 0 Å². The van der Waals surface area contributed by atoms with E-state index in [1.54, 1.807) is 23.4 Å². The first-order valence-corrected chi connectivity index (χ1v) is 11.0. The van der Waals surface area contributed by atoms with Gasteiger partial charge in [0.05, 0.1) is 17.6 Å². The Morgan fingerprint density at radius 3 is 2.67 bits per heavy atom. The van der Waals surface area contributed by atoms with E-state index in [1.165, 1.54) is 0 Å². The van der Waals surface area contributed by atoms with Crippen LogP contribution in [-0.4, -0.2) is 54.5 Å². The summed E-state index contributed by atoms with van der Waals surface area (Å²) in [7, 11) is 0. The maximum absolute atomic E-state index is 9.47. The van der Waals surface area contributed by atoms with Crippen LogP contribution in [0.15, 0.2) is 43.1 Å². The average molecular weight is 442 g/mol. The minimum atomic E-state index is 0.176. The van der Waals surface area contributed by atoms with E-state index in [-0.39, 0.29) is 6.04 Å². The van der Waals surface area contributed by atoms with Gasteiger partial charge in [-0.05, 0) is 37.5 Å². The van der Waals surface area contributed by atoms with Gasteiger partial charge in [0.1, 0.15) is 35.9 Å². The highest BCUT2D eigenvalue weighted by Gasteiger charge is 2.24. The van der Waals surface area contributed by atoms with E-state index < -0.39 is 0 Å². The molecule has 2 fully saturated rings. The SMILES string of the molecule is N#Cc1cnn2c(NC3CC3)cc(Nc3ccc(N4CC[C@H](N)C4)c(-n4cnnc4)c3)nc12. The summed E-state index contributed by atoms with van der Waals surface area (Å²) in [4.78, 5) is 6.95. The first-order chi connectivity index (χ1) is 16.2. The zero-order chi connectivity index (χ0) is 22.4. The second-order valence-corrected chi connectivity index (χ2v) is 8.54. The van der Waals surface area contributed by atoms with Gasteiger partial charge >= 0.3 is 0 Å². The largest absolute Gasteiger partial charge is 0.368 e. The second-order valence-electron chi connectivity index (χ2n) is 8.54. The Labute approximate surface area is 189 Å². The van der Waals surface area contributed by atoms with Crippen LogP contribution in [0.1, 0.15) is 24.8 Å². The van der Waals surface area contributed by atoms with E-state index in [0.717, 1.165) is 55.2 Å². The van der Waals surface area contributed by atoms with Gasteiger partial charge in [-0.2, -0.15) is 14.9 Å². The zero-order valence-electron chi connectivity index (χ0n) is 17.9. The van der Waals surface area contributed by atoms with Crippen molar-refractivity contribution >= 4 is 28.7 Å². The molecule has 4 N–H and O–H groups in total. The fourth-order valence-electron chi connectivity index (χ4n) is 4.20. The van der Waals surface area contributed by atoms with E-state index in [1.807, 2.05) is 22.8 Å². The van der Waals surface area contributed by atoms with E-state index >= 15 is 0 Å². The van der Waals surface area contributed by atoms with Gasteiger partial charge in [0, 0.05) is 36.9 Å². The Hall–Kier alpha value is -4.17. The quantitative estimate of drug-likeness (QED) is 0.410. The van der Waals surface area contributed by atoms with E-state index in [2.05, 4.69) is 47.9 Å². The van der Waals surface area contributed by atoms with Crippen molar-refractivity contribution in [3.05, 3.63) is 48.7 Å². The lowest BCUT2D eigenvalue weighted by Crippen LogP contribution is -2.27. The number of hydrogen-bond acceptors (Lipinski definition) is 9. The number of rotatable bonds is 6. The summed E-state index contributed by atoms with van der Waals surface area (Å²) < 4.78 is 3.58. The second kappa shape index (κ2) is 7.75. The molecule has 3 aromatic heterocycles. The first kappa shape index (κ1) is 19.5. The lowest BCUT2D eigenvalue weighted by atomic mass is 10.2. The lowest BCUT2D eigenvalue weighted by Gasteiger charge is -2.22. The van der Waals surface area contributed by atoms with Crippen molar-refractivity contribution in [3.8, 4) is 11.8 Å². The lowest BCUT2D eigenvalue weighted by molar-refractivity contribution is 0.752. The number of nitriles is 1. The van der Waals surface area contributed by atoms with Gasteiger partial charge in [0.25, 0.3) is 0 Å². The van der Waals surface area contributed by atoms with Crippen LogP contribution in [-0.2, 0) is 0 Å². The fourth-order valence-corrected chi connectivity index (χ4v) is 4.20. The molecule has 11 heteroatoms. The molecule has 0 unspecified atom stereocenters. The van der Waals surface area contributed by atoms with Crippen molar-refractivity contribution in [3.63, 3.8) is 0 Å². The minimum absolute atomic E-state index is 0.176. The van der Waals surface area contributed by atoms with Crippen LogP contribution in [0.5, 0.6) is 0 Å². The molecule has 33 heavy (non-hydrogen) atoms. The molecule has 1 saturated heterocycles. The first-order valence-electron chi connectivity index (χ1n) is 11.0. The molecular formula is C22H23N11. The van der Waals surface area contributed by atoms with Gasteiger partial charge in [0.2, 0.25) is 0 Å². The Morgan fingerprint density at radius 2 is 1.94 bits per heavy atom. The van der Waals surface area contributed by atoms with Gasteiger partial charge < -0.3 is 21.3 Å². The van der Waals surface area contributed by atoms with E-state index in [0.29, 0.717) is 23.1 Å². The summed E-state index contributed by atoms with van der Waals surface area (Å²) in [6.07, 6.45) is 8.14. The molecule has 0 radical (unpaired) electrons. The smallest absolute Gasteiger partial charge is 0.177 e. The number of nitrogens with two attached hydrogens (primary N) is 1. The molecule has 0 bridgehead atoms. The van der Waals surface area contributed by atoms with Crippen molar-refractivity contribution in [1.29, 1.82) is 5.26 Å². The number of fused-ring (bicyclic) bond motifs is 1.